The van der Waals surface area contributed by atoms with Gasteiger partial charge in [0, 0.05) is 12.6 Å². The second-order valence-electron chi connectivity index (χ2n) is 6.45. The number of rotatable bonds is 7. The fourth-order valence-corrected chi connectivity index (χ4v) is 3.10. The van der Waals surface area contributed by atoms with Crippen LogP contribution in [0.5, 0.6) is 0 Å². The van der Waals surface area contributed by atoms with E-state index in [0.717, 1.165) is 23.9 Å². The number of hydrogen-bond donors (Lipinski definition) is 1. The average molecular weight is 356 g/mol. The molecule has 0 bridgehead atoms. The fourth-order valence-electron chi connectivity index (χ4n) is 2.72. The number of anilines is 1. The van der Waals surface area contributed by atoms with Gasteiger partial charge in [0.25, 0.3) is 5.56 Å². The molecule has 1 aliphatic carbocycles. The van der Waals surface area contributed by atoms with E-state index in [1.165, 1.54) is 19.3 Å². The molecule has 2 unspecified atom stereocenters. The quantitative estimate of drug-likeness (QED) is 0.802. The molecule has 0 spiro atoms. The van der Waals surface area contributed by atoms with Crippen molar-refractivity contribution in [2.24, 2.45) is 11.8 Å². The van der Waals surface area contributed by atoms with E-state index in [0.29, 0.717) is 17.5 Å². The van der Waals surface area contributed by atoms with E-state index < -0.39 is 0 Å². The van der Waals surface area contributed by atoms with E-state index in [1.807, 2.05) is 0 Å². The van der Waals surface area contributed by atoms with E-state index in [1.54, 1.807) is 10.9 Å². The third-order valence-electron chi connectivity index (χ3n) is 4.50. The number of nitrogens with one attached hydrogen (secondary N) is 1. The highest BCUT2D eigenvalue weighted by Crippen LogP contribution is 2.27. The lowest BCUT2D eigenvalue weighted by molar-refractivity contribution is 0.262. The van der Waals surface area contributed by atoms with E-state index >= 15 is 0 Å². The van der Waals surface area contributed by atoms with Crippen LogP contribution in [0.3, 0.4) is 0 Å². The zero-order chi connectivity index (χ0) is 15.4. The Morgan fingerprint density at radius 3 is 2.76 bits per heavy atom. The van der Waals surface area contributed by atoms with Gasteiger partial charge in [-0.1, -0.05) is 26.7 Å². The zero-order valence-corrected chi connectivity index (χ0v) is 14.8. The standard InChI is InChI=1S/C16H26BrN3O/c1-4-11(2)8-12(3)19-15-14(17)9-18-20(16(15)21)10-13-6-5-7-13/h9,11-13,19H,4-8,10H2,1-3H3. The first kappa shape index (κ1) is 16.5. The summed E-state index contributed by atoms with van der Waals surface area (Å²) in [5, 5.41) is 7.64. The molecular weight excluding hydrogens is 330 g/mol. The Labute approximate surface area is 135 Å². The molecule has 21 heavy (non-hydrogen) atoms. The average Bonchev–Trinajstić information content (AvgIpc) is 2.40. The van der Waals surface area contributed by atoms with Gasteiger partial charge in [-0.05, 0) is 54.0 Å². The molecule has 2 rings (SSSR count). The molecule has 0 radical (unpaired) electrons. The van der Waals surface area contributed by atoms with Gasteiger partial charge in [-0.3, -0.25) is 4.79 Å². The SMILES string of the molecule is CCC(C)CC(C)Nc1c(Br)cnn(CC2CCC2)c1=O. The second-order valence-corrected chi connectivity index (χ2v) is 7.30. The molecule has 1 aliphatic rings. The Balaban J connectivity index is 2.10. The van der Waals surface area contributed by atoms with Gasteiger partial charge >= 0.3 is 0 Å². The molecule has 1 N–H and O–H groups in total. The molecule has 0 aromatic carbocycles. The summed E-state index contributed by atoms with van der Waals surface area (Å²) >= 11 is 3.45. The van der Waals surface area contributed by atoms with Gasteiger partial charge in [0.1, 0.15) is 5.69 Å². The van der Waals surface area contributed by atoms with Crippen LogP contribution in [0.25, 0.3) is 0 Å². The molecule has 0 saturated heterocycles. The monoisotopic (exact) mass is 355 g/mol. The molecule has 1 aromatic rings. The van der Waals surface area contributed by atoms with Crippen molar-refractivity contribution in [3.8, 4) is 0 Å². The maximum atomic E-state index is 12.6. The van der Waals surface area contributed by atoms with Gasteiger partial charge in [0.15, 0.2) is 0 Å². The minimum absolute atomic E-state index is 0.00715. The van der Waals surface area contributed by atoms with Crippen molar-refractivity contribution in [1.82, 2.24) is 9.78 Å². The van der Waals surface area contributed by atoms with Crippen LogP contribution in [0.2, 0.25) is 0 Å². The Morgan fingerprint density at radius 2 is 2.19 bits per heavy atom. The molecular formula is C16H26BrN3O. The zero-order valence-electron chi connectivity index (χ0n) is 13.2. The molecule has 4 nitrogen and oxygen atoms in total. The molecule has 2 atom stereocenters. The highest BCUT2D eigenvalue weighted by Gasteiger charge is 2.20. The van der Waals surface area contributed by atoms with Crippen LogP contribution in [0, 0.1) is 11.8 Å². The van der Waals surface area contributed by atoms with Crippen LogP contribution >= 0.6 is 15.9 Å². The Morgan fingerprint density at radius 1 is 1.48 bits per heavy atom. The topological polar surface area (TPSA) is 46.9 Å². The predicted octanol–water partition coefficient (Wildman–Crippen LogP) is 4.04. The summed E-state index contributed by atoms with van der Waals surface area (Å²) in [6.07, 6.45) is 7.68. The molecule has 0 amide bonds. The molecule has 118 valence electrons. The maximum Gasteiger partial charge on any atom is 0.291 e. The van der Waals surface area contributed by atoms with Gasteiger partial charge < -0.3 is 5.32 Å². The highest BCUT2D eigenvalue weighted by molar-refractivity contribution is 9.10. The summed E-state index contributed by atoms with van der Waals surface area (Å²) < 4.78 is 2.38. The number of nitrogens with zero attached hydrogens (tertiary/aromatic N) is 2. The number of hydrogen-bond acceptors (Lipinski definition) is 3. The molecule has 0 aliphatic heterocycles. The Bertz CT molecular complexity index is 525. The number of aromatic nitrogens is 2. The van der Waals surface area contributed by atoms with Gasteiger partial charge in [-0.15, -0.1) is 0 Å². The maximum absolute atomic E-state index is 12.6. The Hall–Kier alpha value is -0.840. The van der Waals surface area contributed by atoms with Crippen molar-refractivity contribution in [1.29, 1.82) is 0 Å². The molecule has 5 heteroatoms. The van der Waals surface area contributed by atoms with Gasteiger partial charge in [-0.2, -0.15) is 5.10 Å². The first-order valence-corrected chi connectivity index (χ1v) is 8.82. The minimum Gasteiger partial charge on any atom is -0.377 e. The fraction of sp³-hybridized carbons (Fsp3) is 0.750. The van der Waals surface area contributed by atoms with E-state index in [-0.39, 0.29) is 11.6 Å². The summed E-state index contributed by atoms with van der Waals surface area (Å²) in [5.74, 6) is 1.28. The largest absolute Gasteiger partial charge is 0.377 e. The molecule has 1 aromatic heterocycles. The van der Waals surface area contributed by atoms with Crippen LogP contribution < -0.4 is 10.9 Å². The van der Waals surface area contributed by atoms with E-state index in [2.05, 4.69) is 47.1 Å². The van der Waals surface area contributed by atoms with Crippen LogP contribution in [0.4, 0.5) is 5.69 Å². The summed E-state index contributed by atoms with van der Waals surface area (Å²) in [4.78, 5) is 12.6. The van der Waals surface area contributed by atoms with E-state index in [4.69, 9.17) is 0 Å². The first-order chi connectivity index (χ1) is 10.0. The second kappa shape index (κ2) is 7.43. The molecule has 1 saturated carbocycles. The minimum atomic E-state index is -0.00715. The highest BCUT2D eigenvalue weighted by atomic mass is 79.9. The van der Waals surface area contributed by atoms with E-state index in [9.17, 15) is 4.79 Å². The smallest absolute Gasteiger partial charge is 0.291 e. The van der Waals surface area contributed by atoms with Gasteiger partial charge in [-0.25, -0.2) is 4.68 Å². The predicted molar refractivity (Wildman–Crippen MR) is 90.7 cm³/mol. The van der Waals surface area contributed by atoms with Crippen molar-refractivity contribution in [2.75, 3.05) is 5.32 Å². The summed E-state index contributed by atoms with van der Waals surface area (Å²) in [6, 6.07) is 0.281. The summed E-state index contributed by atoms with van der Waals surface area (Å²) in [7, 11) is 0. The lowest BCUT2D eigenvalue weighted by atomic mass is 9.85. The summed E-state index contributed by atoms with van der Waals surface area (Å²) in [5.41, 5.74) is 0.646. The molecule has 1 heterocycles. The third-order valence-corrected chi connectivity index (χ3v) is 5.10. The van der Waals surface area contributed by atoms with Crippen LogP contribution in [-0.4, -0.2) is 15.8 Å². The van der Waals surface area contributed by atoms with Crippen LogP contribution in [0.1, 0.15) is 52.9 Å². The van der Waals surface area contributed by atoms with Crippen LogP contribution in [0.15, 0.2) is 15.5 Å². The lowest BCUT2D eigenvalue weighted by Crippen LogP contribution is -2.32. The number of halogens is 1. The normalized spacial score (nSPS) is 18.1. The third kappa shape index (κ3) is 4.31. The lowest BCUT2D eigenvalue weighted by Gasteiger charge is -2.26. The van der Waals surface area contributed by atoms with Crippen molar-refractivity contribution >= 4 is 21.6 Å². The summed E-state index contributed by atoms with van der Waals surface area (Å²) in [6.45, 7) is 7.33. The van der Waals surface area contributed by atoms with Gasteiger partial charge in [0.05, 0.1) is 10.7 Å². The van der Waals surface area contributed by atoms with Crippen molar-refractivity contribution in [3.05, 3.63) is 21.0 Å². The van der Waals surface area contributed by atoms with Gasteiger partial charge in [0.2, 0.25) is 0 Å². The van der Waals surface area contributed by atoms with Crippen LogP contribution in [-0.2, 0) is 6.54 Å². The molecule has 1 fully saturated rings. The van der Waals surface area contributed by atoms with Crippen molar-refractivity contribution in [2.45, 2.75) is 65.5 Å². The Kier molecular flexibility index (Phi) is 5.85. The first-order valence-electron chi connectivity index (χ1n) is 8.03. The van der Waals surface area contributed by atoms with Crippen molar-refractivity contribution < 1.29 is 0 Å². The van der Waals surface area contributed by atoms with Crippen molar-refractivity contribution in [3.63, 3.8) is 0 Å².